The molecular formula is C4H4NO4. The van der Waals surface area contributed by atoms with Gasteiger partial charge < -0.3 is 4.74 Å². The Hall–Kier alpha value is -1.13. The molecule has 0 aromatic carbocycles. The summed E-state index contributed by atoms with van der Waals surface area (Å²) < 4.78 is 4.29. The highest BCUT2D eigenvalue weighted by molar-refractivity contribution is 5.78. The van der Waals surface area contributed by atoms with Crippen LogP contribution < -0.4 is 0 Å². The zero-order valence-electron chi connectivity index (χ0n) is 4.44. The van der Waals surface area contributed by atoms with Crippen molar-refractivity contribution in [2.75, 3.05) is 6.61 Å². The summed E-state index contributed by atoms with van der Waals surface area (Å²) in [7, 11) is 0. The maximum atomic E-state index is 10.3. The van der Waals surface area contributed by atoms with E-state index in [0.717, 1.165) is 0 Å². The summed E-state index contributed by atoms with van der Waals surface area (Å²) >= 11 is 0. The summed E-state index contributed by atoms with van der Waals surface area (Å²) in [5, 5.41) is 9.89. The molecule has 1 aliphatic heterocycles. The predicted octanol–water partition coefficient (Wildman–Crippen LogP) is -0.607. The normalized spacial score (nSPS) is 25.8. The minimum absolute atomic E-state index is 0.0600. The molecule has 5 heteroatoms. The van der Waals surface area contributed by atoms with Crippen molar-refractivity contribution >= 4 is 5.97 Å². The van der Waals surface area contributed by atoms with Crippen molar-refractivity contribution in [2.24, 2.45) is 0 Å². The Balaban J connectivity index is 2.60. The van der Waals surface area contributed by atoms with Crippen molar-refractivity contribution in [1.82, 2.24) is 0 Å². The third kappa shape index (κ3) is 0.984. The summed E-state index contributed by atoms with van der Waals surface area (Å²) in [6.45, 7) is 0.0600. The average molecular weight is 130 g/mol. The molecule has 1 unspecified atom stereocenters. The van der Waals surface area contributed by atoms with Gasteiger partial charge in [-0.25, -0.2) is 4.79 Å². The molecule has 1 radical (unpaired) electrons. The maximum absolute atomic E-state index is 10.3. The van der Waals surface area contributed by atoms with Gasteiger partial charge in [-0.2, -0.15) is 0 Å². The number of carbonyl (C=O) groups excluding carboxylic acids is 1. The molecule has 0 aromatic heterocycles. The SMILES string of the molecule is O=C1OC[CH]C1[N+](=O)[O-]. The largest absolute Gasteiger partial charge is 0.460 e. The van der Waals surface area contributed by atoms with Crippen molar-refractivity contribution in [3.8, 4) is 0 Å². The Morgan fingerprint density at radius 3 is 2.78 bits per heavy atom. The number of hydrogen-bond donors (Lipinski definition) is 0. The van der Waals surface area contributed by atoms with Gasteiger partial charge in [0.15, 0.2) is 0 Å². The molecule has 0 bridgehead atoms. The van der Waals surface area contributed by atoms with Gasteiger partial charge in [0.25, 0.3) is 0 Å². The van der Waals surface area contributed by atoms with Crippen LogP contribution in [0.2, 0.25) is 0 Å². The summed E-state index contributed by atoms with van der Waals surface area (Å²) in [5.41, 5.74) is 0. The molecule has 1 rings (SSSR count). The third-order valence-electron chi connectivity index (χ3n) is 1.01. The minimum atomic E-state index is -1.23. The van der Waals surface area contributed by atoms with Crippen molar-refractivity contribution < 1.29 is 14.5 Å². The molecule has 1 saturated heterocycles. The lowest BCUT2D eigenvalue weighted by atomic mass is 10.3. The number of cyclic esters (lactones) is 1. The summed E-state index contributed by atoms with van der Waals surface area (Å²) in [6, 6.07) is -1.23. The van der Waals surface area contributed by atoms with Crippen molar-refractivity contribution in [1.29, 1.82) is 0 Å². The molecule has 1 atom stereocenters. The van der Waals surface area contributed by atoms with Crippen LogP contribution in [0.5, 0.6) is 0 Å². The molecule has 1 fully saturated rings. The summed E-state index contributed by atoms with van der Waals surface area (Å²) in [4.78, 5) is 19.5. The Morgan fingerprint density at radius 2 is 2.56 bits per heavy atom. The highest BCUT2D eigenvalue weighted by Gasteiger charge is 2.37. The van der Waals surface area contributed by atoms with E-state index in [9.17, 15) is 14.9 Å². The molecule has 0 aromatic rings. The molecular weight excluding hydrogens is 126 g/mol. The van der Waals surface area contributed by atoms with E-state index < -0.39 is 16.9 Å². The van der Waals surface area contributed by atoms with E-state index in [1.807, 2.05) is 0 Å². The molecule has 0 aliphatic carbocycles. The van der Waals surface area contributed by atoms with E-state index in [4.69, 9.17) is 0 Å². The fourth-order valence-electron chi connectivity index (χ4n) is 0.575. The smallest absolute Gasteiger partial charge is 0.382 e. The van der Waals surface area contributed by atoms with E-state index in [2.05, 4.69) is 4.74 Å². The standard InChI is InChI=1S/C4H4NO4/c6-4-3(5(7)8)1-2-9-4/h1,3H,2H2. The predicted molar refractivity (Wildman–Crippen MR) is 26.0 cm³/mol. The number of ether oxygens (including phenoxy) is 1. The number of hydrogen-bond acceptors (Lipinski definition) is 4. The second-order valence-electron chi connectivity index (χ2n) is 1.60. The summed E-state index contributed by atoms with van der Waals surface area (Å²) in [5.74, 6) is -0.764. The van der Waals surface area contributed by atoms with E-state index in [-0.39, 0.29) is 6.61 Å². The number of nitro groups is 1. The van der Waals surface area contributed by atoms with Gasteiger partial charge >= 0.3 is 12.0 Å². The first-order valence-corrected chi connectivity index (χ1v) is 2.35. The van der Waals surface area contributed by atoms with Crippen LogP contribution in [0.4, 0.5) is 0 Å². The number of carbonyl (C=O) groups is 1. The van der Waals surface area contributed by atoms with Crippen LogP contribution in [0.25, 0.3) is 0 Å². The number of esters is 1. The van der Waals surface area contributed by atoms with Gasteiger partial charge in [0.2, 0.25) is 0 Å². The van der Waals surface area contributed by atoms with Crippen LogP contribution in [0, 0.1) is 16.5 Å². The molecule has 0 saturated carbocycles. The third-order valence-corrected chi connectivity index (χ3v) is 1.01. The van der Waals surface area contributed by atoms with Crippen LogP contribution in [0.3, 0.4) is 0 Å². The second-order valence-corrected chi connectivity index (χ2v) is 1.60. The Labute approximate surface area is 50.8 Å². The van der Waals surface area contributed by atoms with Crippen LogP contribution in [0.15, 0.2) is 0 Å². The lowest BCUT2D eigenvalue weighted by molar-refractivity contribution is -0.498. The molecule has 49 valence electrons. The quantitative estimate of drug-likeness (QED) is 0.270. The second kappa shape index (κ2) is 2.00. The maximum Gasteiger partial charge on any atom is 0.382 e. The van der Waals surface area contributed by atoms with Gasteiger partial charge in [-0.15, -0.1) is 0 Å². The molecule has 1 aliphatic rings. The lowest BCUT2D eigenvalue weighted by Gasteiger charge is -1.91. The average Bonchev–Trinajstić information content (AvgIpc) is 2.13. The zero-order valence-corrected chi connectivity index (χ0v) is 4.44. The highest BCUT2D eigenvalue weighted by atomic mass is 16.6. The Bertz CT molecular complexity index is 155. The van der Waals surface area contributed by atoms with Crippen LogP contribution in [-0.4, -0.2) is 23.5 Å². The molecule has 5 nitrogen and oxygen atoms in total. The van der Waals surface area contributed by atoms with E-state index in [1.54, 1.807) is 0 Å². The topological polar surface area (TPSA) is 69.4 Å². The van der Waals surface area contributed by atoms with Gasteiger partial charge in [-0.05, 0) is 0 Å². The van der Waals surface area contributed by atoms with Crippen LogP contribution in [-0.2, 0) is 9.53 Å². The van der Waals surface area contributed by atoms with Gasteiger partial charge in [0.1, 0.15) is 6.61 Å². The molecule has 0 spiro atoms. The first-order valence-electron chi connectivity index (χ1n) is 2.35. The highest BCUT2D eigenvalue weighted by Crippen LogP contribution is 2.06. The first-order chi connectivity index (χ1) is 4.22. The van der Waals surface area contributed by atoms with E-state index >= 15 is 0 Å². The van der Waals surface area contributed by atoms with Crippen LogP contribution in [0.1, 0.15) is 0 Å². The molecule has 9 heavy (non-hydrogen) atoms. The first kappa shape index (κ1) is 6.00. The minimum Gasteiger partial charge on any atom is -0.460 e. The summed E-state index contributed by atoms with van der Waals surface area (Å²) in [6.07, 6.45) is 1.22. The Morgan fingerprint density at radius 1 is 1.89 bits per heavy atom. The van der Waals surface area contributed by atoms with Gasteiger partial charge in [0.05, 0.1) is 6.42 Å². The fourth-order valence-corrected chi connectivity index (χ4v) is 0.575. The van der Waals surface area contributed by atoms with Crippen molar-refractivity contribution in [3.63, 3.8) is 0 Å². The van der Waals surface area contributed by atoms with Gasteiger partial charge in [0, 0.05) is 4.92 Å². The van der Waals surface area contributed by atoms with Crippen LogP contribution >= 0.6 is 0 Å². The Kier molecular flexibility index (Phi) is 1.33. The molecule has 0 amide bonds. The lowest BCUT2D eigenvalue weighted by Crippen LogP contribution is -2.24. The van der Waals surface area contributed by atoms with Crippen molar-refractivity contribution in [2.45, 2.75) is 6.04 Å². The fraction of sp³-hybridized carbons (Fsp3) is 0.500. The molecule has 1 heterocycles. The van der Waals surface area contributed by atoms with Gasteiger partial charge in [-0.1, -0.05) is 0 Å². The number of rotatable bonds is 1. The monoisotopic (exact) mass is 130 g/mol. The molecule has 0 N–H and O–H groups in total. The zero-order chi connectivity index (χ0) is 6.85. The van der Waals surface area contributed by atoms with Crippen molar-refractivity contribution in [3.05, 3.63) is 16.5 Å². The number of nitrogens with zero attached hydrogens (tertiary/aromatic N) is 1. The van der Waals surface area contributed by atoms with E-state index in [0.29, 0.717) is 0 Å². The van der Waals surface area contributed by atoms with E-state index in [1.165, 1.54) is 6.42 Å². The van der Waals surface area contributed by atoms with Gasteiger partial charge in [-0.3, -0.25) is 10.1 Å².